The van der Waals surface area contributed by atoms with E-state index in [4.69, 9.17) is 4.74 Å². The molecule has 0 saturated carbocycles. The summed E-state index contributed by atoms with van der Waals surface area (Å²) in [4.78, 5) is 27.9. The maximum Gasteiger partial charge on any atom is 0.228 e. The van der Waals surface area contributed by atoms with Gasteiger partial charge in [-0.25, -0.2) is 0 Å². The first-order valence-corrected chi connectivity index (χ1v) is 8.45. The molecule has 0 aliphatic carbocycles. The zero-order valence-corrected chi connectivity index (χ0v) is 14.3. The molecule has 2 heterocycles. The highest BCUT2D eigenvalue weighted by Gasteiger charge is 2.31. The summed E-state index contributed by atoms with van der Waals surface area (Å²) in [6, 6.07) is 13.3. The van der Waals surface area contributed by atoms with E-state index in [1.54, 1.807) is 19.2 Å². The van der Waals surface area contributed by atoms with E-state index in [1.807, 2.05) is 36.5 Å². The molecule has 0 saturated heterocycles. The van der Waals surface area contributed by atoms with Crippen LogP contribution < -0.4 is 15.4 Å². The average molecular weight is 349 g/mol. The van der Waals surface area contributed by atoms with E-state index in [1.165, 1.54) is 0 Å². The molecule has 0 bridgehead atoms. The Labute approximate surface area is 150 Å². The molecule has 0 radical (unpaired) electrons. The van der Waals surface area contributed by atoms with Gasteiger partial charge in [-0.3, -0.25) is 9.59 Å². The van der Waals surface area contributed by atoms with Gasteiger partial charge in [-0.15, -0.1) is 0 Å². The van der Waals surface area contributed by atoms with Crippen molar-refractivity contribution in [3.05, 3.63) is 59.8 Å². The zero-order chi connectivity index (χ0) is 18.1. The largest absolute Gasteiger partial charge is 0.497 e. The molecule has 6 heteroatoms. The van der Waals surface area contributed by atoms with E-state index < -0.39 is 5.92 Å². The van der Waals surface area contributed by atoms with Crippen molar-refractivity contribution < 1.29 is 14.3 Å². The van der Waals surface area contributed by atoms with Gasteiger partial charge in [0, 0.05) is 30.4 Å². The number of methoxy groups -OCH3 is 1. The van der Waals surface area contributed by atoms with Crippen molar-refractivity contribution in [2.45, 2.75) is 18.9 Å². The second-order valence-corrected chi connectivity index (χ2v) is 6.38. The minimum Gasteiger partial charge on any atom is -0.497 e. The maximum absolute atomic E-state index is 12.8. The smallest absolute Gasteiger partial charge is 0.228 e. The summed E-state index contributed by atoms with van der Waals surface area (Å²) in [5, 5.41) is 6.86. The fourth-order valence-corrected chi connectivity index (χ4v) is 3.33. The molecule has 26 heavy (non-hydrogen) atoms. The number of hydrogen-bond donors (Lipinski definition) is 3. The fraction of sp³-hybridized carbons (Fsp3) is 0.200. The monoisotopic (exact) mass is 349 g/mol. The number of rotatable bonds is 4. The van der Waals surface area contributed by atoms with Crippen molar-refractivity contribution in [3.63, 3.8) is 0 Å². The predicted octanol–water partition coefficient (Wildman–Crippen LogP) is 2.92. The molecule has 132 valence electrons. The number of ether oxygens (including phenoxy) is 1. The minimum absolute atomic E-state index is 0.128. The Hall–Kier alpha value is -3.28. The Morgan fingerprint density at radius 3 is 2.96 bits per heavy atom. The van der Waals surface area contributed by atoms with Crippen molar-refractivity contribution in [3.8, 4) is 5.75 Å². The molecule has 2 amide bonds. The third-order valence-electron chi connectivity index (χ3n) is 4.70. The lowest BCUT2D eigenvalue weighted by atomic mass is 9.89. The number of aromatic nitrogens is 1. The molecule has 0 spiro atoms. The van der Waals surface area contributed by atoms with Crippen molar-refractivity contribution in [1.29, 1.82) is 0 Å². The fourth-order valence-electron chi connectivity index (χ4n) is 3.33. The molecule has 1 aromatic heterocycles. The number of anilines is 1. The van der Waals surface area contributed by atoms with Crippen LogP contribution in [0.25, 0.3) is 10.9 Å². The second kappa shape index (κ2) is 6.55. The minimum atomic E-state index is -0.523. The van der Waals surface area contributed by atoms with E-state index in [2.05, 4.69) is 15.6 Å². The number of carbonyl (C=O) groups excluding carboxylic acids is 2. The van der Waals surface area contributed by atoms with E-state index in [9.17, 15) is 9.59 Å². The van der Waals surface area contributed by atoms with Crippen LogP contribution >= 0.6 is 0 Å². The van der Waals surface area contributed by atoms with Crippen LogP contribution in [-0.2, 0) is 16.1 Å². The van der Waals surface area contributed by atoms with Crippen LogP contribution in [-0.4, -0.2) is 23.9 Å². The second-order valence-electron chi connectivity index (χ2n) is 6.38. The van der Waals surface area contributed by atoms with E-state index in [-0.39, 0.29) is 18.2 Å². The van der Waals surface area contributed by atoms with Gasteiger partial charge in [0.1, 0.15) is 5.75 Å². The number of aromatic amines is 1. The predicted molar refractivity (Wildman–Crippen MR) is 99.1 cm³/mol. The normalized spacial score (nSPS) is 16.0. The van der Waals surface area contributed by atoms with Crippen molar-refractivity contribution in [1.82, 2.24) is 10.3 Å². The van der Waals surface area contributed by atoms with Gasteiger partial charge >= 0.3 is 0 Å². The van der Waals surface area contributed by atoms with Crippen molar-refractivity contribution >= 4 is 28.4 Å². The highest BCUT2D eigenvalue weighted by molar-refractivity contribution is 6.01. The van der Waals surface area contributed by atoms with Gasteiger partial charge < -0.3 is 20.4 Å². The summed E-state index contributed by atoms with van der Waals surface area (Å²) in [5.74, 6) is -0.180. The molecule has 2 aromatic carbocycles. The van der Waals surface area contributed by atoms with Crippen LogP contribution in [0.1, 0.15) is 23.5 Å². The van der Waals surface area contributed by atoms with Crippen LogP contribution in [0, 0.1) is 0 Å². The summed E-state index contributed by atoms with van der Waals surface area (Å²) in [6.07, 6.45) is 2.01. The average Bonchev–Trinajstić information content (AvgIpc) is 3.12. The van der Waals surface area contributed by atoms with Crippen molar-refractivity contribution in [2.24, 2.45) is 0 Å². The lowest BCUT2D eigenvalue weighted by Gasteiger charge is -2.25. The molecule has 1 aliphatic heterocycles. The first-order valence-electron chi connectivity index (χ1n) is 8.45. The summed E-state index contributed by atoms with van der Waals surface area (Å²) < 4.78 is 5.25. The van der Waals surface area contributed by atoms with E-state index in [0.717, 1.165) is 22.0 Å². The van der Waals surface area contributed by atoms with Gasteiger partial charge in [-0.1, -0.05) is 6.07 Å². The van der Waals surface area contributed by atoms with Crippen molar-refractivity contribution in [2.75, 3.05) is 12.4 Å². The topological polar surface area (TPSA) is 83.2 Å². The van der Waals surface area contributed by atoms with E-state index >= 15 is 0 Å². The first-order chi connectivity index (χ1) is 12.6. The number of nitrogens with one attached hydrogen (secondary N) is 3. The third kappa shape index (κ3) is 3.01. The molecular formula is C20H19N3O3. The molecule has 1 aliphatic rings. The Morgan fingerprint density at radius 2 is 2.12 bits per heavy atom. The van der Waals surface area contributed by atoms with Gasteiger partial charge in [-0.05, 0) is 52.9 Å². The van der Waals surface area contributed by atoms with Crippen LogP contribution in [0.4, 0.5) is 5.69 Å². The SMILES string of the molecule is COc1ccc2c(c1)[C@H](C(=O)NCc1ccc3[nH]ccc3c1)CC(=O)N2. The van der Waals surface area contributed by atoms with Crippen LogP contribution in [0.5, 0.6) is 5.75 Å². The van der Waals surface area contributed by atoms with Crippen LogP contribution in [0.2, 0.25) is 0 Å². The summed E-state index contributed by atoms with van der Waals surface area (Å²) in [5.41, 5.74) is 3.51. The standard InChI is InChI=1S/C20H19N3O3/c1-26-14-3-5-18-15(9-14)16(10-19(24)23-18)20(25)22-11-12-2-4-17-13(8-12)6-7-21-17/h2-9,16,21H,10-11H2,1H3,(H,22,25)(H,23,24)/t16-/m1/s1. The number of H-pyrrole nitrogens is 1. The summed E-state index contributed by atoms with van der Waals surface area (Å²) >= 11 is 0. The maximum atomic E-state index is 12.8. The summed E-state index contributed by atoms with van der Waals surface area (Å²) in [7, 11) is 1.58. The Morgan fingerprint density at radius 1 is 1.23 bits per heavy atom. The Bertz CT molecular complexity index is 993. The molecule has 0 unspecified atom stereocenters. The van der Waals surface area contributed by atoms with Crippen LogP contribution in [0.3, 0.4) is 0 Å². The van der Waals surface area contributed by atoms with E-state index in [0.29, 0.717) is 18.0 Å². The lowest BCUT2D eigenvalue weighted by molar-refractivity contribution is -0.126. The summed E-state index contributed by atoms with van der Waals surface area (Å²) in [6.45, 7) is 0.414. The van der Waals surface area contributed by atoms with Gasteiger partial charge in [0.15, 0.2) is 0 Å². The van der Waals surface area contributed by atoms with Gasteiger partial charge in [-0.2, -0.15) is 0 Å². The van der Waals surface area contributed by atoms with Gasteiger partial charge in [0.25, 0.3) is 0 Å². The third-order valence-corrected chi connectivity index (χ3v) is 4.70. The van der Waals surface area contributed by atoms with Crippen LogP contribution in [0.15, 0.2) is 48.7 Å². The van der Waals surface area contributed by atoms with Gasteiger partial charge in [0.2, 0.25) is 11.8 Å². The number of carbonyl (C=O) groups is 2. The highest BCUT2D eigenvalue weighted by Crippen LogP contribution is 2.35. The first kappa shape index (κ1) is 16.2. The zero-order valence-electron chi connectivity index (χ0n) is 14.3. The molecule has 4 rings (SSSR count). The number of hydrogen-bond acceptors (Lipinski definition) is 3. The molecule has 3 N–H and O–H groups in total. The highest BCUT2D eigenvalue weighted by atomic mass is 16.5. The lowest BCUT2D eigenvalue weighted by Crippen LogP contribution is -2.34. The molecular weight excluding hydrogens is 330 g/mol. The number of fused-ring (bicyclic) bond motifs is 2. The molecule has 6 nitrogen and oxygen atoms in total. The number of benzene rings is 2. The quantitative estimate of drug-likeness (QED) is 0.677. The number of amides is 2. The molecule has 1 atom stereocenters. The molecule has 3 aromatic rings. The Balaban J connectivity index is 1.53. The molecule has 0 fully saturated rings. The Kier molecular flexibility index (Phi) is 4.08. The van der Waals surface area contributed by atoms with Gasteiger partial charge in [0.05, 0.1) is 13.0 Å².